The highest BCUT2D eigenvalue weighted by Crippen LogP contribution is 2.37. The van der Waals surface area contributed by atoms with Gasteiger partial charge in [-0.25, -0.2) is 0 Å². The number of fused-ring (bicyclic) bond motifs is 1. The van der Waals surface area contributed by atoms with Crippen LogP contribution in [0, 0.1) is 0 Å². The standard InChI is InChI=1S/C26H28O6/c1-15(2)6-5-7-16(3)8-9-17-10-19(20(28)13-23(17)31-4)24-14-22(30)26-21(29)11-18(27)12-25(26)32-24/h6,8,10-14,27-29H,5,7,9H2,1-4H3/b16-8+. The number of phenols is 3. The van der Waals surface area contributed by atoms with Crippen LogP contribution in [0.3, 0.4) is 0 Å². The van der Waals surface area contributed by atoms with Crippen LogP contribution >= 0.6 is 0 Å². The molecule has 6 nitrogen and oxygen atoms in total. The van der Waals surface area contributed by atoms with Gasteiger partial charge in [0.15, 0.2) is 5.43 Å². The molecule has 0 bridgehead atoms. The van der Waals surface area contributed by atoms with Crippen LogP contribution in [0.25, 0.3) is 22.3 Å². The SMILES string of the molecule is COc1cc(O)c(-c2cc(=O)c3c(O)cc(O)cc3o2)cc1C/C=C(\C)CCC=C(C)C. The summed E-state index contributed by atoms with van der Waals surface area (Å²) in [6.07, 6.45) is 6.82. The summed E-state index contributed by atoms with van der Waals surface area (Å²) in [5.41, 5.74) is 3.22. The topological polar surface area (TPSA) is 100 Å². The number of hydrogen-bond donors (Lipinski definition) is 3. The molecule has 3 N–H and O–H groups in total. The van der Waals surface area contributed by atoms with Crippen molar-refractivity contribution >= 4 is 11.0 Å². The molecule has 0 saturated carbocycles. The summed E-state index contributed by atoms with van der Waals surface area (Å²) in [5.74, 6) is -0.0600. The van der Waals surface area contributed by atoms with Gasteiger partial charge in [-0.05, 0) is 51.7 Å². The molecule has 0 radical (unpaired) electrons. The van der Waals surface area contributed by atoms with E-state index in [1.165, 1.54) is 36.5 Å². The van der Waals surface area contributed by atoms with Gasteiger partial charge >= 0.3 is 0 Å². The minimum atomic E-state index is -0.481. The molecule has 0 unspecified atom stereocenters. The van der Waals surface area contributed by atoms with E-state index in [1.54, 1.807) is 6.07 Å². The largest absolute Gasteiger partial charge is 0.508 e. The van der Waals surface area contributed by atoms with E-state index < -0.39 is 5.43 Å². The van der Waals surface area contributed by atoms with Crippen molar-refractivity contribution in [3.05, 3.63) is 69.4 Å². The van der Waals surface area contributed by atoms with Crippen LogP contribution in [-0.4, -0.2) is 22.4 Å². The molecule has 1 aromatic heterocycles. The van der Waals surface area contributed by atoms with Gasteiger partial charge in [-0.15, -0.1) is 0 Å². The van der Waals surface area contributed by atoms with Gasteiger partial charge in [0.05, 0.1) is 12.7 Å². The Morgan fingerprint density at radius 2 is 1.75 bits per heavy atom. The lowest BCUT2D eigenvalue weighted by Crippen LogP contribution is -2.01. The fraction of sp³-hybridized carbons (Fsp3) is 0.269. The molecule has 168 valence electrons. The van der Waals surface area contributed by atoms with Crippen molar-refractivity contribution in [2.75, 3.05) is 7.11 Å². The number of rotatable bonds is 7. The van der Waals surface area contributed by atoms with E-state index in [2.05, 4.69) is 32.9 Å². The van der Waals surface area contributed by atoms with Crippen LogP contribution in [0.5, 0.6) is 23.0 Å². The summed E-state index contributed by atoms with van der Waals surface area (Å²) in [5, 5.41) is 30.2. The van der Waals surface area contributed by atoms with Crippen LogP contribution in [0.4, 0.5) is 0 Å². The molecule has 0 atom stereocenters. The summed E-state index contributed by atoms with van der Waals surface area (Å²) in [4.78, 5) is 12.6. The van der Waals surface area contributed by atoms with Crippen molar-refractivity contribution < 1.29 is 24.5 Å². The Bertz CT molecular complexity index is 1260. The highest BCUT2D eigenvalue weighted by Gasteiger charge is 2.17. The average molecular weight is 437 g/mol. The van der Waals surface area contributed by atoms with Crippen molar-refractivity contribution in [2.24, 2.45) is 0 Å². The third-order valence-electron chi connectivity index (χ3n) is 5.22. The Morgan fingerprint density at radius 3 is 2.44 bits per heavy atom. The maximum atomic E-state index is 12.6. The van der Waals surface area contributed by atoms with Crippen molar-refractivity contribution in [3.8, 4) is 34.3 Å². The first-order chi connectivity index (χ1) is 15.2. The van der Waals surface area contributed by atoms with Crippen molar-refractivity contribution in [2.45, 2.75) is 40.0 Å². The Balaban J connectivity index is 2.01. The van der Waals surface area contributed by atoms with Gasteiger partial charge in [0.2, 0.25) is 0 Å². The third kappa shape index (κ3) is 5.14. The molecule has 0 saturated heterocycles. The molecular formula is C26H28O6. The number of benzene rings is 2. The number of ether oxygens (including phenoxy) is 1. The lowest BCUT2D eigenvalue weighted by atomic mass is 10.0. The maximum absolute atomic E-state index is 12.6. The Hall–Kier alpha value is -3.67. The molecule has 0 spiro atoms. The quantitative estimate of drug-likeness (QED) is 0.404. The minimum Gasteiger partial charge on any atom is -0.508 e. The zero-order chi connectivity index (χ0) is 23.4. The van der Waals surface area contributed by atoms with E-state index in [4.69, 9.17) is 9.15 Å². The van der Waals surface area contributed by atoms with E-state index in [1.807, 2.05) is 0 Å². The Labute approximate surface area is 186 Å². The summed E-state index contributed by atoms with van der Waals surface area (Å²) in [7, 11) is 1.53. The number of aromatic hydroxyl groups is 3. The lowest BCUT2D eigenvalue weighted by Gasteiger charge is -2.12. The zero-order valence-electron chi connectivity index (χ0n) is 18.7. The average Bonchev–Trinajstić information content (AvgIpc) is 2.71. The highest BCUT2D eigenvalue weighted by atomic mass is 16.5. The normalized spacial score (nSPS) is 11.6. The van der Waals surface area contributed by atoms with Gasteiger partial charge in [0.1, 0.15) is 39.7 Å². The molecule has 1 heterocycles. The molecule has 0 aliphatic heterocycles. The first-order valence-electron chi connectivity index (χ1n) is 10.4. The van der Waals surface area contributed by atoms with Crippen molar-refractivity contribution in [1.82, 2.24) is 0 Å². The van der Waals surface area contributed by atoms with E-state index in [9.17, 15) is 20.1 Å². The number of hydrogen-bond acceptors (Lipinski definition) is 6. The van der Waals surface area contributed by atoms with Gasteiger partial charge in [0, 0.05) is 24.3 Å². The third-order valence-corrected chi connectivity index (χ3v) is 5.22. The predicted octanol–water partition coefficient (Wildman–Crippen LogP) is 5.82. The Kier molecular flexibility index (Phi) is 6.93. The van der Waals surface area contributed by atoms with Gasteiger partial charge < -0.3 is 24.5 Å². The minimum absolute atomic E-state index is 0.0248. The second-order valence-electron chi connectivity index (χ2n) is 8.07. The molecule has 3 rings (SSSR count). The molecule has 6 heteroatoms. The van der Waals surface area contributed by atoms with E-state index in [0.717, 1.165) is 24.5 Å². The summed E-state index contributed by atoms with van der Waals surface area (Å²) in [6, 6.07) is 6.75. The zero-order valence-corrected chi connectivity index (χ0v) is 18.7. The van der Waals surface area contributed by atoms with Crippen LogP contribution < -0.4 is 10.2 Å². The first-order valence-corrected chi connectivity index (χ1v) is 10.4. The number of phenolic OH excluding ortho intramolecular Hbond substituents is 3. The van der Waals surface area contributed by atoms with Crippen molar-refractivity contribution in [1.29, 1.82) is 0 Å². The second-order valence-corrected chi connectivity index (χ2v) is 8.07. The molecule has 0 aliphatic carbocycles. The van der Waals surface area contributed by atoms with Crippen LogP contribution in [0.2, 0.25) is 0 Å². The summed E-state index contributed by atoms with van der Waals surface area (Å²) in [6.45, 7) is 6.24. The first kappa shape index (κ1) is 23.0. The van der Waals surface area contributed by atoms with Crippen LogP contribution in [0.1, 0.15) is 39.2 Å². The number of allylic oxidation sites excluding steroid dienone is 4. The fourth-order valence-corrected chi connectivity index (χ4v) is 3.52. The molecule has 3 aromatic rings. The molecule has 0 fully saturated rings. The van der Waals surface area contributed by atoms with Gasteiger partial charge in [0.25, 0.3) is 0 Å². The van der Waals surface area contributed by atoms with Crippen LogP contribution in [0.15, 0.2) is 62.8 Å². The second kappa shape index (κ2) is 9.64. The predicted molar refractivity (Wildman–Crippen MR) is 126 cm³/mol. The lowest BCUT2D eigenvalue weighted by molar-refractivity contribution is 0.403. The highest BCUT2D eigenvalue weighted by molar-refractivity contribution is 5.86. The van der Waals surface area contributed by atoms with E-state index in [0.29, 0.717) is 17.7 Å². The fourth-order valence-electron chi connectivity index (χ4n) is 3.52. The van der Waals surface area contributed by atoms with Gasteiger partial charge in [-0.1, -0.05) is 23.3 Å². The smallest absolute Gasteiger partial charge is 0.197 e. The monoisotopic (exact) mass is 436 g/mol. The molecule has 2 aromatic carbocycles. The van der Waals surface area contributed by atoms with Crippen molar-refractivity contribution in [3.63, 3.8) is 0 Å². The summed E-state index contributed by atoms with van der Waals surface area (Å²) >= 11 is 0. The number of methoxy groups -OCH3 is 1. The summed E-state index contributed by atoms with van der Waals surface area (Å²) < 4.78 is 11.2. The van der Waals surface area contributed by atoms with Gasteiger partial charge in [-0.2, -0.15) is 0 Å². The molecule has 32 heavy (non-hydrogen) atoms. The molecule has 0 aliphatic rings. The molecule has 0 amide bonds. The Morgan fingerprint density at radius 1 is 1.00 bits per heavy atom. The van der Waals surface area contributed by atoms with Gasteiger partial charge in [-0.3, -0.25) is 4.79 Å². The maximum Gasteiger partial charge on any atom is 0.197 e. The molecular weight excluding hydrogens is 408 g/mol. The van der Waals surface area contributed by atoms with E-state index >= 15 is 0 Å². The van der Waals surface area contributed by atoms with Crippen LogP contribution in [-0.2, 0) is 6.42 Å². The van der Waals surface area contributed by atoms with E-state index in [-0.39, 0.29) is 34.0 Å².